The minimum atomic E-state index is -4.55. The first-order valence-electron chi connectivity index (χ1n) is 7.20. The fourth-order valence-electron chi connectivity index (χ4n) is 2.17. The van der Waals surface area contributed by atoms with E-state index in [4.69, 9.17) is 4.42 Å². The number of amides is 1. The lowest BCUT2D eigenvalue weighted by Gasteiger charge is -2.00. The highest BCUT2D eigenvalue weighted by Crippen LogP contribution is 2.33. The van der Waals surface area contributed by atoms with Crippen LogP contribution < -0.4 is 5.32 Å². The molecule has 0 bridgehead atoms. The summed E-state index contributed by atoms with van der Waals surface area (Å²) in [5.74, 6) is -0.310. The summed E-state index contributed by atoms with van der Waals surface area (Å²) in [6, 6.07) is 10.6. The van der Waals surface area contributed by atoms with Crippen molar-refractivity contribution in [1.82, 2.24) is 9.97 Å². The Morgan fingerprint density at radius 2 is 1.92 bits per heavy atom. The number of alkyl halides is 3. The Hall–Kier alpha value is -2.72. The average molecular weight is 395 g/mol. The molecule has 0 unspecified atom stereocenters. The third kappa shape index (κ3) is 3.20. The smallest absolute Gasteiger partial charge is 0.434 e. The molecule has 0 radical (unpaired) electrons. The Balaban J connectivity index is 1.53. The van der Waals surface area contributed by atoms with Gasteiger partial charge < -0.3 is 4.42 Å². The highest BCUT2D eigenvalue weighted by atomic mass is 32.1. The predicted molar refractivity (Wildman–Crippen MR) is 92.4 cm³/mol. The first kappa shape index (κ1) is 16.7. The van der Waals surface area contributed by atoms with E-state index in [1.54, 1.807) is 6.07 Å². The molecule has 5 nitrogen and oxygen atoms in total. The molecule has 4 rings (SSSR count). The van der Waals surface area contributed by atoms with Crippen LogP contribution in [0.15, 0.2) is 46.2 Å². The molecule has 10 heteroatoms. The molecule has 0 atom stereocenters. The van der Waals surface area contributed by atoms with E-state index < -0.39 is 17.8 Å². The molecule has 1 aromatic carbocycles. The number of hydrogen-bond donors (Lipinski definition) is 1. The minimum absolute atomic E-state index is 0.0389. The van der Waals surface area contributed by atoms with E-state index >= 15 is 0 Å². The second-order valence-electron chi connectivity index (χ2n) is 5.14. The number of thiazole rings is 2. The van der Waals surface area contributed by atoms with E-state index in [0.717, 1.165) is 15.6 Å². The molecule has 1 amide bonds. The molecule has 0 saturated carbocycles. The maximum atomic E-state index is 12.5. The van der Waals surface area contributed by atoms with Gasteiger partial charge in [-0.3, -0.25) is 10.1 Å². The van der Waals surface area contributed by atoms with Gasteiger partial charge in [-0.15, -0.1) is 22.7 Å². The summed E-state index contributed by atoms with van der Waals surface area (Å²) in [7, 11) is 0. The second-order valence-corrected chi connectivity index (χ2v) is 7.03. The maximum Gasteiger partial charge on any atom is 0.434 e. The molecule has 0 aliphatic heterocycles. The van der Waals surface area contributed by atoms with Crippen LogP contribution in [-0.4, -0.2) is 15.9 Å². The zero-order chi connectivity index (χ0) is 18.3. The van der Waals surface area contributed by atoms with Gasteiger partial charge in [-0.2, -0.15) is 13.2 Å². The number of rotatable bonds is 3. The fraction of sp³-hybridized carbons (Fsp3) is 0.0625. The largest absolute Gasteiger partial charge is 0.448 e. The zero-order valence-corrected chi connectivity index (χ0v) is 14.3. The quantitative estimate of drug-likeness (QED) is 0.512. The van der Waals surface area contributed by atoms with E-state index in [2.05, 4.69) is 15.3 Å². The third-order valence-corrected chi connectivity index (χ3v) is 5.16. The summed E-state index contributed by atoms with van der Waals surface area (Å²) in [6.07, 6.45) is -4.55. The van der Waals surface area contributed by atoms with Crippen LogP contribution in [-0.2, 0) is 6.18 Å². The van der Waals surface area contributed by atoms with Crippen LogP contribution >= 0.6 is 22.7 Å². The van der Waals surface area contributed by atoms with Crippen molar-refractivity contribution in [2.75, 3.05) is 5.32 Å². The monoisotopic (exact) mass is 395 g/mol. The molecule has 0 saturated heterocycles. The van der Waals surface area contributed by atoms with Gasteiger partial charge in [0.25, 0.3) is 5.91 Å². The highest BCUT2D eigenvalue weighted by molar-refractivity contribution is 7.21. The number of benzene rings is 1. The van der Waals surface area contributed by atoms with Gasteiger partial charge in [0.15, 0.2) is 27.4 Å². The minimum Gasteiger partial charge on any atom is -0.448 e. The third-order valence-electron chi connectivity index (χ3n) is 3.35. The van der Waals surface area contributed by atoms with Gasteiger partial charge in [0.1, 0.15) is 0 Å². The van der Waals surface area contributed by atoms with Crippen molar-refractivity contribution in [3.63, 3.8) is 0 Å². The normalized spacial score (nSPS) is 11.8. The number of hydrogen-bond acceptors (Lipinski definition) is 6. The van der Waals surface area contributed by atoms with E-state index in [9.17, 15) is 18.0 Å². The van der Waals surface area contributed by atoms with E-state index in [0.29, 0.717) is 22.1 Å². The van der Waals surface area contributed by atoms with Crippen molar-refractivity contribution in [2.45, 2.75) is 6.18 Å². The summed E-state index contributed by atoms with van der Waals surface area (Å²) in [5, 5.41) is 3.59. The number of halogens is 3. The lowest BCUT2D eigenvalue weighted by Crippen LogP contribution is -2.11. The van der Waals surface area contributed by atoms with Crippen LogP contribution in [0.2, 0.25) is 0 Å². The van der Waals surface area contributed by atoms with Gasteiger partial charge >= 0.3 is 6.18 Å². The molecule has 0 aliphatic rings. The van der Waals surface area contributed by atoms with Crippen LogP contribution in [0.3, 0.4) is 0 Å². The van der Waals surface area contributed by atoms with Crippen molar-refractivity contribution in [2.24, 2.45) is 0 Å². The topological polar surface area (TPSA) is 68.0 Å². The van der Waals surface area contributed by atoms with Crippen molar-refractivity contribution >= 4 is 43.9 Å². The predicted octanol–water partition coefficient (Wildman–Crippen LogP) is 5.28. The first-order valence-corrected chi connectivity index (χ1v) is 8.89. The molecular weight excluding hydrogens is 387 g/mol. The molecule has 0 aliphatic carbocycles. The number of para-hydroxylation sites is 1. The van der Waals surface area contributed by atoms with Crippen LogP contribution in [0.4, 0.5) is 18.3 Å². The van der Waals surface area contributed by atoms with Crippen molar-refractivity contribution < 1.29 is 22.4 Å². The Labute approximate surface area is 152 Å². The number of carbonyl (C=O) groups is 1. The van der Waals surface area contributed by atoms with E-state index in [1.807, 2.05) is 24.3 Å². The number of nitrogens with zero attached hydrogens (tertiary/aromatic N) is 2. The molecule has 0 spiro atoms. The highest BCUT2D eigenvalue weighted by Gasteiger charge is 2.34. The molecule has 0 fully saturated rings. The zero-order valence-electron chi connectivity index (χ0n) is 12.7. The fourth-order valence-corrected chi connectivity index (χ4v) is 3.81. The summed E-state index contributed by atoms with van der Waals surface area (Å²) in [4.78, 5) is 19.9. The van der Waals surface area contributed by atoms with E-state index in [-0.39, 0.29) is 10.9 Å². The standard InChI is InChI=1S/C16H8F3N3O2S2/c17-16(18,19)12-7-25-15(21-12)22-13(23)9-5-6-10(24-9)14-20-8-3-1-2-4-11(8)26-14/h1-7H,(H,21,22,23). The first-order chi connectivity index (χ1) is 12.4. The molecule has 26 heavy (non-hydrogen) atoms. The van der Waals surface area contributed by atoms with Crippen molar-refractivity contribution in [3.8, 4) is 10.8 Å². The number of fused-ring (bicyclic) bond motifs is 1. The summed E-state index contributed by atoms with van der Waals surface area (Å²) >= 11 is 2.10. The van der Waals surface area contributed by atoms with Gasteiger partial charge in [0.05, 0.1) is 10.2 Å². The summed E-state index contributed by atoms with van der Waals surface area (Å²) < 4.78 is 44.1. The molecule has 3 aromatic heterocycles. The van der Waals surface area contributed by atoms with Crippen LogP contribution in [0.25, 0.3) is 21.0 Å². The van der Waals surface area contributed by atoms with Gasteiger partial charge in [0.2, 0.25) is 0 Å². The molecule has 132 valence electrons. The van der Waals surface area contributed by atoms with Gasteiger partial charge in [-0.25, -0.2) is 9.97 Å². The number of nitrogens with one attached hydrogen (secondary N) is 1. The molecular formula is C16H8F3N3O2S2. The van der Waals surface area contributed by atoms with Crippen LogP contribution in [0, 0.1) is 0 Å². The SMILES string of the molecule is O=C(Nc1nc(C(F)(F)F)cs1)c1ccc(-c2nc3ccccc3s2)o1. The summed E-state index contributed by atoms with van der Waals surface area (Å²) in [5.41, 5.74) is -0.232. The number of carbonyl (C=O) groups excluding carboxylic acids is 1. The van der Waals surface area contributed by atoms with Crippen LogP contribution in [0.1, 0.15) is 16.2 Å². The second kappa shape index (κ2) is 6.22. The van der Waals surface area contributed by atoms with Gasteiger partial charge in [-0.05, 0) is 24.3 Å². The van der Waals surface area contributed by atoms with E-state index in [1.165, 1.54) is 17.4 Å². The number of anilines is 1. The Morgan fingerprint density at radius 1 is 1.12 bits per heavy atom. The molecule has 1 N–H and O–H groups in total. The number of furan rings is 1. The molecule has 3 heterocycles. The lowest BCUT2D eigenvalue weighted by atomic mass is 10.3. The van der Waals surface area contributed by atoms with Crippen molar-refractivity contribution in [1.29, 1.82) is 0 Å². The van der Waals surface area contributed by atoms with Gasteiger partial charge in [-0.1, -0.05) is 12.1 Å². The average Bonchev–Trinajstić information content (AvgIpc) is 3.32. The van der Waals surface area contributed by atoms with Gasteiger partial charge in [0, 0.05) is 5.38 Å². The maximum absolute atomic E-state index is 12.5. The number of aromatic nitrogens is 2. The molecule has 4 aromatic rings. The Morgan fingerprint density at radius 3 is 2.65 bits per heavy atom. The lowest BCUT2D eigenvalue weighted by molar-refractivity contribution is -0.140. The van der Waals surface area contributed by atoms with Crippen LogP contribution in [0.5, 0.6) is 0 Å². The van der Waals surface area contributed by atoms with Crippen molar-refractivity contribution in [3.05, 3.63) is 53.2 Å². The Kier molecular flexibility index (Phi) is 4.00. The Bertz CT molecular complexity index is 1060. The summed E-state index contributed by atoms with van der Waals surface area (Å²) in [6.45, 7) is 0.